The van der Waals surface area contributed by atoms with E-state index in [1.807, 2.05) is 37.4 Å². The average molecular weight is 381 g/mol. The maximum atomic E-state index is 12.8. The molecule has 0 unspecified atom stereocenters. The minimum atomic E-state index is -3.55. The van der Waals surface area contributed by atoms with E-state index < -0.39 is 10.0 Å². The molecule has 3 rings (SSSR count). The topological polar surface area (TPSA) is 58.6 Å². The van der Waals surface area contributed by atoms with Gasteiger partial charge in [-0.1, -0.05) is 23.8 Å². The fourth-order valence-electron chi connectivity index (χ4n) is 3.15. The molecule has 1 aromatic carbocycles. The van der Waals surface area contributed by atoms with Crippen LogP contribution in [-0.2, 0) is 14.8 Å². The zero-order valence-electron chi connectivity index (χ0n) is 14.5. The van der Waals surface area contributed by atoms with Gasteiger partial charge in [-0.2, -0.15) is 0 Å². The first-order valence-corrected chi connectivity index (χ1v) is 10.8. The molecule has 1 N–H and O–H groups in total. The largest absolute Gasteiger partial charge is 0.379 e. The summed E-state index contributed by atoms with van der Waals surface area (Å²) in [6.45, 7) is 6.85. The van der Waals surface area contributed by atoms with E-state index in [0.717, 1.165) is 18.7 Å². The van der Waals surface area contributed by atoms with Crippen molar-refractivity contribution in [1.82, 2.24) is 9.62 Å². The Bertz CT molecular complexity index is 767. The summed E-state index contributed by atoms with van der Waals surface area (Å²) < 4.78 is 33.8. The molecule has 1 aliphatic heterocycles. The van der Waals surface area contributed by atoms with Gasteiger partial charge in [0.15, 0.2) is 0 Å². The summed E-state index contributed by atoms with van der Waals surface area (Å²) in [6, 6.07) is 10.8. The van der Waals surface area contributed by atoms with E-state index >= 15 is 0 Å². The highest BCUT2D eigenvalue weighted by Gasteiger charge is 2.31. The fraction of sp³-hybridized carbons (Fsp3) is 0.444. The van der Waals surface area contributed by atoms with Crippen LogP contribution in [0, 0.1) is 6.92 Å². The first-order valence-electron chi connectivity index (χ1n) is 8.41. The molecule has 0 radical (unpaired) electrons. The van der Waals surface area contributed by atoms with Crippen LogP contribution in [-0.4, -0.2) is 45.7 Å². The van der Waals surface area contributed by atoms with Crippen molar-refractivity contribution in [2.75, 3.05) is 26.3 Å². The predicted molar refractivity (Wildman–Crippen MR) is 100 cm³/mol. The van der Waals surface area contributed by atoms with Gasteiger partial charge in [0.2, 0.25) is 10.0 Å². The third-order valence-corrected chi connectivity index (χ3v) is 6.94. The Morgan fingerprint density at radius 3 is 2.44 bits per heavy atom. The molecule has 1 fully saturated rings. The van der Waals surface area contributed by atoms with E-state index in [0.29, 0.717) is 18.1 Å². The first-order chi connectivity index (χ1) is 12.0. The lowest BCUT2D eigenvalue weighted by molar-refractivity contribution is 0.0113. The average Bonchev–Trinajstić information content (AvgIpc) is 3.10. The molecule has 136 valence electrons. The Kier molecular flexibility index (Phi) is 5.91. The number of sulfonamides is 1. The maximum absolute atomic E-state index is 12.8. The zero-order chi connectivity index (χ0) is 17.9. The number of ether oxygens (including phenoxy) is 1. The highest BCUT2D eigenvalue weighted by atomic mass is 32.2. The molecule has 25 heavy (non-hydrogen) atoms. The lowest BCUT2D eigenvalue weighted by Crippen LogP contribution is -2.48. The van der Waals surface area contributed by atoms with E-state index in [-0.39, 0.29) is 12.1 Å². The Hall–Kier alpha value is -1.25. The van der Waals surface area contributed by atoms with Crippen molar-refractivity contribution in [2.24, 2.45) is 0 Å². The maximum Gasteiger partial charge on any atom is 0.240 e. The standard InChI is InChI=1S/C18H24N2O3S2/c1-14-5-7-16(8-6-14)25(21,22)19-15(2)18(17-4-3-13-24-17)20-9-11-23-12-10-20/h3-8,13,15,18-19H,9-12H2,1-2H3/t15-,18+/m1/s1. The second kappa shape index (κ2) is 7.97. The number of nitrogens with one attached hydrogen (secondary N) is 1. The third-order valence-electron chi connectivity index (χ3n) is 4.42. The van der Waals surface area contributed by atoms with Crippen molar-refractivity contribution in [3.63, 3.8) is 0 Å². The number of morpholine rings is 1. The van der Waals surface area contributed by atoms with Crippen molar-refractivity contribution >= 4 is 21.4 Å². The van der Waals surface area contributed by atoms with Crippen LogP contribution in [0.2, 0.25) is 0 Å². The van der Waals surface area contributed by atoms with Gasteiger partial charge in [-0.05, 0) is 37.4 Å². The van der Waals surface area contributed by atoms with E-state index in [1.54, 1.807) is 23.5 Å². The summed E-state index contributed by atoms with van der Waals surface area (Å²) in [5, 5.41) is 2.03. The van der Waals surface area contributed by atoms with Gasteiger partial charge in [0.05, 0.1) is 24.2 Å². The summed E-state index contributed by atoms with van der Waals surface area (Å²) >= 11 is 1.66. The van der Waals surface area contributed by atoms with Crippen LogP contribution in [0.4, 0.5) is 0 Å². The molecule has 2 atom stereocenters. The molecule has 2 heterocycles. The van der Waals surface area contributed by atoms with E-state index in [4.69, 9.17) is 4.74 Å². The van der Waals surface area contributed by atoms with E-state index in [9.17, 15) is 8.42 Å². The van der Waals surface area contributed by atoms with Crippen LogP contribution in [0.3, 0.4) is 0 Å². The molecular formula is C18H24N2O3S2. The molecule has 0 amide bonds. The molecule has 5 nitrogen and oxygen atoms in total. The van der Waals surface area contributed by atoms with Crippen LogP contribution >= 0.6 is 11.3 Å². The van der Waals surface area contributed by atoms with Gasteiger partial charge in [0.25, 0.3) is 0 Å². The van der Waals surface area contributed by atoms with Gasteiger partial charge < -0.3 is 4.74 Å². The van der Waals surface area contributed by atoms with Gasteiger partial charge in [-0.3, -0.25) is 4.90 Å². The first kappa shape index (κ1) is 18.5. The number of hydrogen-bond acceptors (Lipinski definition) is 5. The summed E-state index contributed by atoms with van der Waals surface area (Å²) in [5.74, 6) is 0. The number of nitrogens with zero attached hydrogens (tertiary/aromatic N) is 1. The monoisotopic (exact) mass is 380 g/mol. The lowest BCUT2D eigenvalue weighted by atomic mass is 10.1. The molecule has 0 saturated carbocycles. The van der Waals surface area contributed by atoms with Gasteiger partial charge >= 0.3 is 0 Å². The van der Waals surface area contributed by atoms with Gasteiger partial charge in [0.1, 0.15) is 0 Å². The number of benzene rings is 1. The number of thiophene rings is 1. The van der Waals surface area contributed by atoms with E-state index in [2.05, 4.69) is 15.7 Å². The molecular weight excluding hydrogens is 356 g/mol. The molecule has 1 saturated heterocycles. The molecule has 2 aromatic rings. The Balaban J connectivity index is 1.82. The minimum Gasteiger partial charge on any atom is -0.379 e. The van der Waals surface area contributed by atoms with Gasteiger partial charge in [0, 0.05) is 24.0 Å². The molecule has 0 aliphatic carbocycles. The third kappa shape index (κ3) is 4.48. The second-order valence-corrected chi connectivity index (χ2v) is 9.02. The minimum absolute atomic E-state index is 0.00382. The molecule has 1 aromatic heterocycles. The summed E-state index contributed by atoms with van der Waals surface area (Å²) in [7, 11) is -3.55. The molecule has 7 heteroatoms. The fourth-order valence-corrected chi connectivity index (χ4v) is 5.37. The van der Waals surface area contributed by atoms with Crippen LogP contribution in [0.5, 0.6) is 0 Å². The normalized spacial score (nSPS) is 18.8. The van der Waals surface area contributed by atoms with Crippen molar-refractivity contribution in [3.05, 3.63) is 52.2 Å². The predicted octanol–water partition coefficient (Wildman–Crippen LogP) is 2.80. The van der Waals surface area contributed by atoms with Crippen molar-refractivity contribution < 1.29 is 13.2 Å². The lowest BCUT2D eigenvalue weighted by Gasteiger charge is -2.37. The SMILES string of the molecule is Cc1ccc(S(=O)(=O)N[C@H](C)[C@@H](c2cccs2)N2CCOCC2)cc1. The molecule has 0 bridgehead atoms. The summed E-state index contributed by atoms with van der Waals surface area (Å²) in [4.78, 5) is 3.77. The number of aryl methyl sites for hydroxylation is 1. The highest BCUT2D eigenvalue weighted by molar-refractivity contribution is 7.89. The molecule has 0 spiro atoms. The smallest absolute Gasteiger partial charge is 0.240 e. The highest BCUT2D eigenvalue weighted by Crippen LogP contribution is 2.29. The van der Waals surface area contributed by atoms with Crippen LogP contribution in [0.25, 0.3) is 0 Å². The zero-order valence-corrected chi connectivity index (χ0v) is 16.1. The van der Waals surface area contributed by atoms with Crippen molar-refractivity contribution in [1.29, 1.82) is 0 Å². The van der Waals surface area contributed by atoms with E-state index in [1.165, 1.54) is 4.88 Å². The number of rotatable bonds is 6. The van der Waals surface area contributed by atoms with Crippen LogP contribution in [0.15, 0.2) is 46.7 Å². The van der Waals surface area contributed by atoms with Gasteiger partial charge in [-0.25, -0.2) is 13.1 Å². The summed E-state index contributed by atoms with van der Waals surface area (Å²) in [5.41, 5.74) is 1.04. The van der Waals surface area contributed by atoms with Crippen molar-refractivity contribution in [2.45, 2.75) is 30.8 Å². The van der Waals surface area contributed by atoms with Crippen molar-refractivity contribution in [3.8, 4) is 0 Å². The Morgan fingerprint density at radius 2 is 1.84 bits per heavy atom. The summed E-state index contributed by atoms with van der Waals surface area (Å²) in [6.07, 6.45) is 0. The number of hydrogen-bond donors (Lipinski definition) is 1. The molecule has 1 aliphatic rings. The van der Waals surface area contributed by atoms with Crippen LogP contribution in [0.1, 0.15) is 23.4 Å². The van der Waals surface area contributed by atoms with Gasteiger partial charge in [-0.15, -0.1) is 11.3 Å². The van der Waals surface area contributed by atoms with Crippen LogP contribution < -0.4 is 4.72 Å². The Morgan fingerprint density at radius 1 is 1.16 bits per heavy atom. The quantitative estimate of drug-likeness (QED) is 0.837. The second-order valence-electron chi connectivity index (χ2n) is 6.33. The Labute approximate surface area is 153 Å².